The van der Waals surface area contributed by atoms with Gasteiger partial charge in [-0.05, 0) is 83.3 Å². The van der Waals surface area contributed by atoms with Crippen LogP contribution in [0.5, 0.6) is 5.75 Å². The number of nitrogens with one attached hydrogen (secondary N) is 1. The lowest BCUT2D eigenvalue weighted by molar-refractivity contribution is -0.116. The predicted molar refractivity (Wildman–Crippen MR) is 125 cm³/mol. The van der Waals surface area contributed by atoms with Crippen molar-refractivity contribution < 1.29 is 9.90 Å². The van der Waals surface area contributed by atoms with E-state index in [1.54, 1.807) is 12.1 Å². The fourth-order valence-electron chi connectivity index (χ4n) is 3.81. The highest BCUT2D eigenvalue weighted by atomic mass is 16.3. The van der Waals surface area contributed by atoms with E-state index in [2.05, 4.69) is 50.4 Å². The van der Waals surface area contributed by atoms with Crippen LogP contribution < -0.4 is 5.32 Å². The molecule has 1 amide bonds. The van der Waals surface area contributed by atoms with Crippen LogP contribution in [0.4, 0.5) is 5.69 Å². The maximum Gasteiger partial charge on any atom is 0.224 e. The molecule has 156 valence electrons. The van der Waals surface area contributed by atoms with E-state index in [-0.39, 0.29) is 17.1 Å². The van der Waals surface area contributed by atoms with E-state index in [0.29, 0.717) is 6.42 Å². The highest BCUT2D eigenvalue weighted by Crippen LogP contribution is 2.32. The molecule has 3 heteroatoms. The largest absolute Gasteiger partial charge is 0.508 e. The van der Waals surface area contributed by atoms with Crippen molar-refractivity contribution >= 4 is 11.6 Å². The van der Waals surface area contributed by atoms with Gasteiger partial charge in [-0.2, -0.15) is 0 Å². The van der Waals surface area contributed by atoms with Crippen molar-refractivity contribution in [2.75, 3.05) is 5.32 Å². The van der Waals surface area contributed by atoms with Crippen LogP contribution in [0.1, 0.15) is 49.4 Å². The molecular weight excluding hydrogens is 370 g/mol. The van der Waals surface area contributed by atoms with Crippen molar-refractivity contribution in [2.45, 2.75) is 52.9 Å². The number of rotatable bonds is 5. The van der Waals surface area contributed by atoms with Crippen LogP contribution in [0.3, 0.4) is 0 Å². The van der Waals surface area contributed by atoms with E-state index in [4.69, 9.17) is 0 Å². The van der Waals surface area contributed by atoms with Crippen molar-refractivity contribution in [3.8, 4) is 16.9 Å². The number of hydrogen-bond acceptors (Lipinski definition) is 2. The molecule has 0 heterocycles. The summed E-state index contributed by atoms with van der Waals surface area (Å²) in [4.78, 5) is 12.5. The smallest absolute Gasteiger partial charge is 0.224 e. The van der Waals surface area contributed by atoms with Gasteiger partial charge in [-0.3, -0.25) is 4.79 Å². The average Bonchev–Trinajstić information content (AvgIpc) is 2.65. The summed E-state index contributed by atoms with van der Waals surface area (Å²) in [5.74, 6) is 0.262. The Labute approximate surface area is 179 Å². The molecule has 0 spiro atoms. The van der Waals surface area contributed by atoms with Gasteiger partial charge in [0, 0.05) is 12.1 Å². The molecule has 0 saturated carbocycles. The number of aromatic hydroxyl groups is 1. The molecule has 0 aromatic heterocycles. The zero-order chi connectivity index (χ0) is 21.9. The maximum absolute atomic E-state index is 12.5. The first-order valence-corrected chi connectivity index (χ1v) is 10.4. The molecule has 3 nitrogen and oxygen atoms in total. The molecule has 3 aromatic carbocycles. The standard InChI is InChI=1S/C27H31NO2/c1-18-15-23(16-19(2)26(18)21-7-6-8-24(29)17-21)28-25(30)14-11-20-9-12-22(13-10-20)27(3,4)5/h6-10,12-13,15-17,29H,11,14H2,1-5H3,(H,28,30). The molecule has 0 aliphatic rings. The molecule has 0 fully saturated rings. The van der Waals surface area contributed by atoms with Gasteiger partial charge < -0.3 is 10.4 Å². The van der Waals surface area contributed by atoms with Crippen molar-refractivity contribution in [2.24, 2.45) is 0 Å². The quantitative estimate of drug-likeness (QED) is 0.509. The summed E-state index contributed by atoms with van der Waals surface area (Å²) in [6.45, 7) is 10.7. The van der Waals surface area contributed by atoms with E-state index in [9.17, 15) is 9.90 Å². The van der Waals surface area contributed by atoms with Crippen LogP contribution in [-0.4, -0.2) is 11.0 Å². The first-order chi connectivity index (χ1) is 14.1. The topological polar surface area (TPSA) is 49.3 Å². The summed E-state index contributed by atoms with van der Waals surface area (Å²) in [5, 5.41) is 12.8. The minimum atomic E-state index is 0.0128. The maximum atomic E-state index is 12.5. The number of phenols is 1. The van der Waals surface area contributed by atoms with Gasteiger partial charge >= 0.3 is 0 Å². The van der Waals surface area contributed by atoms with Gasteiger partial charge in [0.25, 0.3) is 0 Å². The van der Waals surface area contributed by atoms with Gasteiger partial charge in [0.05, 0.1) is 0 Å². The van der Waals surface area contributed by atoms with Gasteiger partial charge in [0.15, 0.2) is 0 Å². The van der Waals surface area contributed by atoms with Gasteiger partial charge in [0.2, 0.25) is 5.91 Å². The second kappa shape index (κ2) is 8.74. The van der Waals surface area contributed by atoms with Gasteiger partial charge in [0.1, 0.15) is 5.75 Å². The van der Waals surface area contributed by atoms with Gasteiger partial charge in [-0.15, -0.1) is 0 Å². The predicted octanol–water partition coefficient (Wildman–Crippen LogP) is 6.54. The Hall–Kier alpha value is -3.07. The highest BCUT2D eigenvalue weighted by molar-refractivity contribution is 5.91. The van der Waals surface area contributed by atoms with Crippen LogP contribution in [0.2, 0.25) is 0 Å². The Morgan fingerprint density at radius 2 is 1.57 bits per heavy atom. The van der Waals surface area contributed by atoms with Crippen LogP contribution >= 0.6 is 0 Å². The van der Waals surface area contributed by atoms with Crippen LogP contribution in [0, 0.1) is 13.8 Å². The number of aryl methyl sites for hydroxylation is 3. The number of phenolic OH excluding ortho intramolecular Hbond substituents is 1. The van der Waals surface area contributed by atoms with Crippen LogP contribution in [0.15, 0.2) is 60.7 Å². The summed E-state index contributed by atoms with van der Waals surface area (Å²) in [6.07, 6.45) is 1.16. The van der Waals surface area contributed by atoms with E-state index in [1.165, 1.54) is 11.1 Å². The Balaban J connectivity index is 1.65. The fourth-order valence-corrected chi connectivity index (χ4v) is 3.81. The lowest BCUT2D eigenvalue weighted by Gasteiger charge is -2.19. The second-order valence-corrected chi connectivity index (χ2v) is 9.03. The van der Waals surface area contributed by atoms with E-state index < -0.39 is 0 Å². The minimum absolute atomic E-state index is 0.0128. The molecule has 0 unspecified atom stereocenters. The molecule has 3 aromatic rings. The molecule has 0 saturated heterocycles. The third-order valence-corrected chi connectivity index (χ3v) is 5.41. The molecule has 2 N–H and O–H groups in total. The summed E-state index contributed by atoms with van der Waals surface area (Å²) in [7, 11) is 0. The van der Waals surface area contributed by atoms with E-state index in [1.807, 2.05) is 38.1 Å². The molecular formula is C27H31NO2. The van der Waals surface area contributed by atoms with Crippen LogP contribution in [0.25, 0.3) is 11.1 Å². The lowest BCUT2D eigenvalue weighted by atomic mass is 9.86. The van der Waals surface area contributed by atoms with Crippen LogP contribution in [-0.2, 0) is 16.6 Å². The summed E-state index contributed by atoms with van der Waals surface area (Å²) >= 11 is 0. The molecule has 0 radical (unpaired) electrons. The number of anilines is 1. The number of carbonyl (C=O) groups excluding carboxylic acids is 1. The monoisotopic (exact) mass is 401 g/mol. The van der Waals surface area contributed by atoms with Crippen molar-refractivity contribution in [1.29, 1.82) is 0 Å². The number of amides is 1. The Bertz CT molecular complexity index is 1020. The zero-order valence-electron chi connectivity index (χ0n) is 18.5. The number of carbonyl (C=O) groups is 1. The van der Waals surface area contributed by atoms with Gasteiger partial charge in [-0.1, -0.05) is 57.2 Å². The molecule has 3 rings (SSSR count). The fraction of sp³-hybridized carbons (Fsp3) is 0.296. The molecule has 0 aliphatic carbocycles. The Morgan fingerprint density at radius 3 is 2.13 bits per heavy atom. The zero-order valence-corrected chi connectivity index (χ0v) is 18.5. The van der Waals surface area contributed by atoms with Crippen molar-refractivity contribution in [1.82, 2.24) is 0 Å². The lowest BCUT2D eigenvalue weighted by Crippen LogP contribution is -2.13. The first-order valence-electron chi connectivity index (χ1n) is 10.4. The number of benzene rings is 3. The Kier molecular flexibility index (Phi) is 6.31. The van der Waals surface area contributed by atoms with E-state index >= 15 is 0 Å². The summed E-state index contributed by atoms with van der Waals surface area (Å²) < 4.78 is 0. The first kappa shape index (κ1) is 21.6. The van der Waals surface area contributed by atoms with Crippen molar-refractivity contribution in [3.05, 3.63) is 82.9 Å². The second-order valence-electron chi connectivity index (χ2n) is 9.03. The molecule has 30 heavy (non-hydrogen) atoms. The third kappa shape index (κ3) is 5.29. The number of hydrogen-bond donors (Lipinski definition) is 2. The molecule has 0 aliphatic heterocycles. The van der Waals surface area contributed by atoms with Gasteiger partial charge in [-0.25, -0.2) is 0 Å². The Morgan fingerprint density at radius 1 is 0.933 bits per heavy atom. The molecule has 0 atom stereocenters. The average molecular weight is 402 g/mol. The van der Waals surface area contributed by atoms with Crippen molar-refractivity contribution in [3.63, 3.8) is 0 Å². The SMILES string of the molecule is Cc1cc(NC(=O)CCc2ccc(C(C)(C)C)cc2)cc(C)c1-c1cccc(O)c1. The van der Waals surface area contributed by atoms with E-state index in [0.717, 1.165) is 34.4 Å². The minimum Gasteiger partial charge on any atom is -0.508 e. The normalized spacial score (nSPS) is 11.4. The summed E-state index contributed by atoms with van der Waals surface area (Å²) in [5.41, 5.74) is 7.60. The molecule has 0 bridgehead atoms. The summed E-state index contributed by atoms with van der Waals surface area (Å²) in [6, 6.07) is 19.8. The third-order valence-electron chi connectivity index (χ3n) is 5.41. The highest BCUT2D eigenvalue weighted by Gasteiger charge is 2.13.